The average Bonchev–Trinajstić information content (AvgIpc) is 3.26. The van der Waals surface area contributed by atoms with Crippen LogP contribution in [0.2, 0.25) is 0 Å². The summed E-state index contributed by atoms with van der Waals surface area (Å²) in [5.41, 5.74) is 1.34. The molecule has 6 nitrogen and oxygen atoms in total. The molecule has 1 fully saturated rings. The van der Waals surface area contributed by atoms with Crippen molar-refractivity contribution in [2.45, 2.75) is 44.2 Å². The third-order valence-corrected chi connectivity index (χ3v) is 4.97. The number of carbonyl (C=O) groups excluding carboxylic acids is 3. The van der Waals surface area contributed by atoms with Gasteiger partial charge in [-0.1, -0.05) is 61.4 Å². The highest BCUT2D eigenvalue weighted by Crippen LogP contribution is 2.17. The molecule has 0 radical (unpaired) electrons. The van der Waals surface area contributed by atoms with Gasteiger partial charge in [-0.05, 0) is 30.5 Å². The Bertz CT molecular complexity index is 817. The van der Waals surface area contributed by atoms with E-state index in [4.69, 9.17) is 4.74 Å². The second-order valence-electron chi connectivity index (χ2n) is 7.24. The van der Waals surface area contributed by atoms with E-state index < -0.39 is 12.0 Å². The summed E-state index contributed by atoms with van der Waals surface area (Å²) >= 11 is 0. The standard InChI is InChI=1S/C23H26N2O4/c26-21(24-19-13-7-8-14-19)16-29-23(28)20(15-17-9-3-1-4-10-17)25-22(27)18-11-5-2-6-12-18/h1-6,9-12,19-20H,7-8,13-16H2,(H,24,26)(H,25,27)/t20-/m1/s1. The van der Waals surface area contributed by atoms with Crippen molar-refractivity contribution < 1.29 is 19.1 Å². The molecular formula is C23H26N2O4. The van der Waals surface area contributed by atoms with Gasteiger partial charge in [0.25, 0.3) is 11.8 Å². The number of hydrogen-bond acceptors (Lipinski definition) is 4. The Kier molecular flexibility index (Phi) is 7.39. The second-order valence-corrected chi connectivity index (χ2v) is 7.24. The molecule has 0 bridgehead atoms. The van der Waals surface area contributed by atoms with E-state index in [-0.39, 0.29) is 30.9 Å². The third-order valence-electron chi connectivity index (χ3n) is 4.97. The summed E-state index contributed by atoms with van der Waals surface area (Å²) < 4.78 is 5.22. The molecule has 152 valence electrons. The van der Waals surface area contributed by atoms with Crippen molar-refractivity contribution in [3.05, 3.63) is 71.8 Å². The number of esters is 1. The molecule has 0 aromatic heterocycles. The first-order valence-electron chi connectivity index (χ1n) is 9.97. The van der Waals surface area contributed by atoms with Gasteiger partial charge in [0.05, 0.1) is 0 Å². The number of amides is 2. The summed E-state index contributed by atoms with van der Waals surface area (Å²) in [5.74, 6) is -1.29. The fourth-order valence-corrected chi connectivity index (χ4v) is 3.45. The van der Waals surface area contributed by atoms with Crippen LogP contribution in [0, 0.1) is 0 Å². The van der Waals surface area contributed by atoms with Gasteiger partial charge in [-0.25, -0.2) is 4.79 Å². The molecule has 29 heavy (non-hydrogen) atoms. The molecule has 1 atom stereocenters. The van der Waals surface area contributed by atoms with Crippen LogP contribution in [0.5, 0.6) is 0 Å². The van der Waals surface area contributed by atoms with Crippen LogP contribution in [0.15, 0.2) is 60.7 Å². The predicted molar refractivity (Wildman–Crippen MR) is 109 cm³/mol. The zero-order valence-electron chi connectivity index (χ0n) is 16.3. The van der Waals surface area contributed by atoms with Crippen LogP contribution < -0.4 is 10.6 Å². The number of ether oxygens (including phenoxy) is 1. The number of carbonyl (C=O) groups is 3. The van der Waals surface area contributed by atoms with E-state index in [9.17, 15) is 14.4 Å². The molecular weight excluding hydrogens is 368 g/mol. The van der Waals surface area contributed by atoms with Crippen LogP contribution in [0.25, 0.3) is 0 Å². The number of hydrogen-bond donors (Lipinski definition) is 2. The summed E-state index contributed by atoms with van der Waals surface area (Å²) in [5, 5.41) is 5.62. The summed E-state index contributed by atoms with van der Waals surface area (Å²) in [4.78, 5) is 37.2. The van der Waals surface area contributed by atoms with E-state index in [0.29, 0.717) is 5.56 Å². The second kappa shape index (κ2) is 10.4. The SMILES string of the molecule is O=C(COC(=O)[C@@H](Cc1ccccc1)NC(=O)c1ccccc1)NC1CCCC1. The van der Waals surface area contributed by atoms with E-state index in [1.54, 1.807) is 24.3 Å². The Labute approximate surface area is 170 Å². The summed E-state index contributed by atoms with van der Waals surface area (Å²) in [6.45, 7) is -0.345. The topological polar surface area (TPSA) is 84.5 Å². The highest BCUT2D eigenvalue weighted by molar-refractivity contribution is 5.97. The number of benzene rings is 2. The highest BCUT2D eigenvalue weighted by atomic mass is 16.5. The Hall–Kier alpha value is -3.15. The van der Waals surface area contributed by atoms with Crippen LogP contribution in [-0.2, 0) is 20.7 Å². The van der Waals surface area contributed by atoms with E-state index in [0.717, 1.165) is 31.2 Å². The predicted octanol–water partition coefficient (Wildman–Crippen LogP) is 2.63. The van der Waals surface area contributed by atoms with Gasteiger partial charge in [-0.2, -0.15) is 0 Å². The van der Waals surface area contributed by atoms with Gasteiger partial charge in [0.15, 0.2) is 6.61 Å². The van der Waals surface area contributed by atoms with Crippen molar-refractivity contribution in [3.63, 3.8) is 0 Å². The quantitative estimate of drug-likeness (QED) is 0.674. The molecule has 2 amide bonds. The van der Waals surface area contributed by atoms with Crippen molar-refractivity contribution in [2.75, 3.05) is 6.61 Å². The lowest BCUT2D eigenvalue weighted by Crippen LogP contribution is -2.44. The molecule has 0 unspecified atom stereocenters. The normalized spacial score (nSPS) is 14.8. The minimum Gasteiger partial charge on any atom is -0.454 e. The third kappa shape index (κ3) is 6.45. The molecule has 0 aliphatic heterocycles. The summed E-state index contributed by atoms with van der Waals surface area (Å²) in [6.07, 6.45) is 4.42. The lowest BCUT2D eigenvalue weighted by molar-refractivity contribution is -0.150. The molecule has 0 spiro atoms. The van der Waals surface area contributed by atoms with E-state index in [1.807, 2.05) is 36.4 Å². The maximum absolute atomic E-state index is 12.6. The minimum atomic E-state index is -0.885. The fraction of sp³-hybridized carbons (Fsp3) is 0.348. The molecule has 3 rings (SSSR count). The molecule has 6 heteroatoms. The van der Waals surface area contributed by atoms with Crippen molar-refractivity contribution in [2.24, 2.45) is 0 Å². The van der Waals surface area contributed by atoms with Gasteiger partial charge in [0, 0.05) is 18.0 Å². The minimum absolute atomic E-state index is 0.166. The van der Waals surface area contributed by atoms with E-state index >= 15 is 0 Å². The van der Waals surface area contributed by atoms with Gasteiger partial charge in [0.2, 0.25) is 0 Å². The number of rotatable bonds is 8. The summed E-state index contributed by atoms with van der Waals surface area (Å²) in [6, 6.07) is 17.3. The highest BCUT2D eigenvalue weighted by Gasteiger charge is 2.25. The van der Waals surface area contributed by atoms with Crippen LogP contribution in [0.3, 0.4) is 0 Å². The van der Waals surface area contributed by atoms with Crippen LogP contribution >= 0.6 is 0 Å². The molecule has 0 heterocycles. The number of nitrogens with one attached hydrogen (secondary N) is 2. The van der Waals surface area contributed by atoms with Gasteiger partial charge < -0.3 is 15.4 Å². The first kappa shape index (κ1) is 20.6. The Balaban J connectivity index is 1.60. The molecule has 2 aromatic carbocycles. The van der Waals surface area contributed by atoms with Crippen molar-refractivity contribution in [1.29, 1.82) is 0 Å². The Morgan fingerprint density at radius 3 is 2.21 bits per heavy atom. The van der Waals surface area contributed by atoms with Gasteiger partial charge in [-0.3, -0.25) is 9.59 Å². The van der Waals surface area contributed by atoms with Crippen molar-refractivity contribution >= 4 is 17.8 Å². The first-order valence-corrected chi connectivity index (χ1v) is 9.97. The maximum Gasteiger partial charge on any atom is 0.329 e. The van der Waals surface area contributed by atoms with Crippen molar-refractivity contribution in [3.8, 4) is 0 Å². The lowest BCUT2D eigenvalue weighted by Gasteiger charge is -2.18. The zero-order valence-corrected chi connectivity index (χ0v) is 16.3. The van der Waals surface area contributed by atoms with E-state index in [1.165, 1.54) is 0 Å². The average molecular weight is 394 g/mol. The Morgan fingerprint density at radius 1 is 0.931 bits per heavy atom. The summed E-state index contributed by atoms with van der Waals surface area (Å²) in [7, 11) is 0. The van der Waals surface area contributed by atoms with Crippen molar-refractivity contribution in [1.82, 2.24) is 10.6 Å². The lowest BCUT2D eigenvalue weighted by atomic mass is 10.1. The monoisotopic (exact) mass is 394 g/mol. The maximum atomic E-state index is 12.6. The van der Waals surface area contributed by atoms with Gasteiger partial charge in [0.1, 0.15) is 6.04 Å². The fourth-order valence-electron chi connectivity index (χ4n) is 3.45. The van der Waals surface area contributed by atoms with E-state index in [2.05, 4.69) is 10.6 Å². The molecule has 1 aliphatic carbocycles. The molecule has 1 saturated carbocycles. The molecule has 1 aliphatic rings. The zero-order chi connectivity index (χ0) is 20.5. The largest absolute Gasteiger partial charge is 0.454 e. The molecule has 2 N–H and O–H groups in total. The molecule has 0 saturated heterocycles. The van der Waals surface area contributed by atoms with Crippen LogP contribution in [0.1, 0.15) is 41.6 Å². The Morgan fingerprint density at radius 2 is 1.55 bits per heavy atom. The van der Waals surface area contributed by atoms with Crippen LogP contribution in [0.4, 0.5) is 0 Å². The smallest absolute Gasteiger partial charge is 0.329 e. The van der Waals surface area contributed by atoms with Gasteiger partial charge in [-0.15, -0.1) is 0 Å². The van der Waals surface area contributed by atoms with Crippen LogP contribution in [-0.4, -0.2) is 36.5 Å². The molecule has 2 aromatic rings. The van der Waals surface area contributed by atoms with Gasteiger partial charge >= 0.3 is 5.97 Å². The first-order chi connectivity index (χ1) is 14.1.